The number of nitrogens with one attached hydrogen (secondary N) is 1. The van der Waals surface area contributed by atoms with E-state index in [-0.39, 0.29) is 11.9 Å². The van der Waals surface area contributed by atoms with Crippen LogP contribution >= 0.6 is 15.9 Å². The zero-order valence-electron chi connectivity index (χ0n) is 12.4. The minimum absolute atomic E-state index is 0.0240. The van der Waals surface area contributed by atoms with Crippen molar-refractivity contribution in [3.05, 3.63) is 52.0 Å². The van der Waals surface area contributed by atoms with Crippen LogP contribution in [0.2, 0.25) is 0 Å². The Labute approximate surface area is 133 Å². The van der Waals surface area contributed by atoms with Gasteiger partial charge in [-0.1, -0.05) is 19.9 Å². The average molecular weight is 354 g/mol. The summed E-state index contributed by atoms with van der Waals surface area (Å²) in [7, 11) is 0. The Hall–Kier alpha value is -1.20. The monoisotopic (exact) mass is 353 g/mol. The van der Waals surface area contributed by atoms with E-state index in [2.05, 4.69) is 40.2 Å². The maximum atomic E-state index is 13.5. The standard InChI is InChI=1S/C16H21BrFN3/c1-3-8-19-16(12-5-6-14(18)13(17)11-12)15-7-9-20-21(15)10-4-2/h5-7,9,11,16,19H,3-4,8,10H2,1-2H3. The van der Waals surface area contributed by atoms with Crippen LogP contribution in [0, 0.1) is 5.82 Å². The number of aromatic nitrogens is 2. The van der Waals surface area contributed by atoms with E-state index in [0.717, 1.165) is 37.2 Å². The Balaban J connectivity index is 2.37. The van der Waals surface area contributed by atoms with Crippen molar-refractivity contribution in [1.82, 2.24) is 15.1 Å². The van der Waals surface area contributed by atoms with Crippen molar-refractivity contribution in [2.24, 2.45) is 0 Å². The van der Waals surface area contributed by atoms with Crippen LogP contribution in [0.3, 0.4) is 0 Å². The largest absolute Gasteiger partial charge is 0.305 e. The molecular formula is C16H21BrFN3. The van der Waals surface area contributed by atoms with Gasteiger partial charge in [-0.25, -0.2) is 4.39 Å². The molecule has 1 atom stereocenters. The lowest BCUT2D eigenvalue weighted by molar-refractivity contribution is 0.510. The summed E-state index contributed by atoms with van der Waals surface area (Å²) in [6.07, 6.45) is 3.90. The van der Waals surface area contributed by atoms with E-state index in [9.17, 15) is 4.39 Å². The molecule has 0 saturated carbocycles. The zero-order valence-corrected chi connectivity index (χ0v) is 14.0. The van der Waals surface area contributed by atoms with Crippen molar-refractivity contribution in [2.45, 2.75) is 39.3 Å². The molecule has 1 aromatic carbocycles. The van der Waals surface area contributed by atoms with Crippen molar-refractivity contribution in [3.8, 4) is 0 Å². The Morgan fingerprint density at radius 2 is 2.10 bits per heavy atom. The smallest absolute Gasteiger partial charge is 0.137 e. The van der Waals surface area contributed by atoms with Crippen molar-refractivity contribution in [3.63, 3.8) is 0 Å². The van der Waals surface area contributed by atoms with Gasteiger partial charge in [0.05, 0.1) is 16.2 Å². The fourth-order valence-electron chi connectivity index (χ4n) is 2.36. The van der Waals surface area contributed by atoms with Gasteiger partial charge in [-0.2, -0.15) is 5.10 Å². The molecule has 2 rings (SSSR count). The van der Waals surface area contributed by atoms with Crippen LogP contribution in [0.4, 0.5) is 4.39 Å². The summed E-state index contributed by atoms with van der Waals surface area (Å²) >= 11 is 3.27. The molecule has 0 radical (unpaired) electrons. The molecule has 0 amide bonds. The first kappa shape index (κ1) is 16.2. The predicted molar refractivity (Wildman–Crippen MR) is 86.8 cm³/mol. The molecule has 1 aromatic heterocycles. The molecule has 1 unspecified atom stereocenters. The van der Waals surface area contributed by atoms with Crippen molar-refractivity contribution in [1.29, 1.82) is 0 Å². The molecule has 1 heterocycles. The molecule has 0 fully saturated rings. The van der Waals surface area contributed by atoms with Crippen LogP contribution in [0.1, 0.15) is 44.0 Å². The molecule has 0 aliphatic rings. The first-order valence-electron chi connectivity index (χ1n) is 7.37. The Kier molecular flexibility index (Phi) is 5.94. The third kappa shape index (κ3) is 3.92. The topological polar surface area (TPSA) is 29.9 Å². The van der Waals surface area contributed by atoms with Gasteiger partial charge < -0.3 is 5.32 Å². The van der Waals surface area contributed by atoms with Crippen LogP contribution < -0.4 is 5.32 Å². The summed E-state index contributed by atoms with van der Waals surface area (Å²) in [6, 6.07) is 7.22. The van der Waals surface area contributed by atoms with Crippen molar-refractivity contribution in [2.75, 3.05) is 6.54 Å². The minimum Gasteiger partial charge on any atom is -0.305 e. The number of halogens is 2. The van der Waals surface area contributed by atoms with Crippen LogP contribution in [0.25, 0.3) is 0 Å². The molecular weight excluding hydrogens is 333 g/mol. The van der Waals surface area contributed by atoms with E-state index in [1.165, 1.54) is 6.07 Å². The highest BCUT2D eigenvalue weighted by molar-refractivity contribution is 9.10. The molecule has 0 aliphatic carbocycles. The van der Waals surface area contributed by atoms with Gasteiger partial charge in [0.2, 0.25) is 0 Å². The molecule has 21 heavy (non-hydrogen) atoms. The molecule has 1 N–H and O–H groups in total. The number of rotatable bonds is 7. The highest BCUT2D eigenvalue weighted by Gasteiger charge is 2.18. The van der Waals surface area contributed by atoms with E-state index in [0.29, 0.717) is 4.47 Å². The minimum atomic E-state index is -0.241. The van der Waals surface area contributed by atoms with Gasteiger partial charge in [0.25, 0.3) is 0 Å². The molecule has 5 heteroatoms. The van der Waals surface area contributed by atoms with Crippen LogP contribution in [-0.2, 0) is 6.54 Å². The Morgan fingerprint density at radius 1 is 1.29 bits per heavy atom. The molecule has 0 bridgehead atoms. The van der Waals surface area contributed by atoms with Crippen LogP contribution in [0.15, 0.2) is 34.9 Å². The second kappa shape index (κ2) is 7.71. The maximum Gasteiger partial charge on any atom is 0.137 e. The highest BCUT2D eigenvalue weighted by Crippen LogP contribution is 2.26. The number of benzene rings is 1. The van der Waals surface area contributed by atoms with Crippen LogP contribution in [-0.4, -0.2) is 16.3 Å². The molecule has 0 aliphatic heterocycles. The molecule has 2 aromatic rings. The fourth-order valence-corrected chi connectivity index (χ4v) is 2.76. The highest BCUT2D eigenvalue weighted by atomic mass is 79.9. The average Bonchev–Trinajstić information content (AvgIpc) is 2.92. The van der Waals surface area contributed by atoms with Gasteiger partial charge in [-0.05, 0) is 59.1 Å². The summed E-state index contributed by atoms with van der Waals surface area (Å²) in [4.78, 5) is 0. The predicted octanol–water partition coefficient (Wildman–Crippen LogP) is 4.28. The SMILES string of the molecule is CCCNC(c1ccc(F)c(Br)c1)c1ccnn1CCC. The van der Waals surface area contributed by atoms with Gasteiger partial charge >= 0.3 is 0 Å². The van der Waals surface area contributed by atoms with Gasteiger partial charge in [-0.3, -0.25) is 4.68 Å². The lowest BCUT2D eigenvalue weighted by Gasteiger charge is -2.21. The second-order valence-corrected chi connectivity index (χ2v) is 5.89. The molecule has 0 spiro atoms. The van der Waals surface area contributed by atoms with Gasteiger partial charge in [0.1, 0.15) is 5.82 Å². The second-order valence-electron chi connectivity index (χ2n) is 5.04. The summed E-state index contributed by atoms with van der Waals surface area (Å²) < 4.78 is 16.0. The van der Waals surface area contributed by atoms with Gasteiger partial charge in [-0.15, -0.1) is 0 Å². The molecule has 3 nitrogen and oxygen atoms in total. The number of hydrogen-bond donors (Lipinski definition) is 1. The fraction of sp³-hybridized carbons (Fsp3) is 0.438. The Bertz CT molecular complexity index is 583. The summed E-state index contributed by atoms with van der Waals surface area (Å²) in [5.74, 6) is -0.241. The molecule has 0 saturated heterocycles. The Morgan fingerprint density at radius 3 is 2.76 bits per heavy atom. The van der Waals surface area contributed by atoms with E-state index >= 15 is 0 Å². The number of hydrogen-bond acceptors (Lipinski definition) is 2. The third-order valence-electron chi connectivity index (χ3n) is 3.36. The number of aryl methyl sites for hydroxylation is 1. The summed E-state index contributed by atoms with van der Waals surface area (Å²) in [5, 5.41) is 7.92. The first-order valence-corrected chi connectivity index (χ1v) is 8.16. The lowest BCUT2D eigenvalue weighted by Crippen LogP contribution is -2.26. The van der Waals surface area contributed by atoms with Gasteiger partial charge in [0.15, 0.2) is 0 Å². The van der Waals surface area contributed by atoms with Crippen molar-refractivity contribution < 1.29 is 4.39 Å². The maximum absolute atomic E-state index is 13.5. The van der Waals surface area contributed by atoms with E-state index in [1.54, 1.807) is 0 Å². The zero-order chi connectivity index (χ0) is 15.2. The quantitative estimate of drug-likeness (QED) is 0.804. The number of nitrogens with zero attached hydrogens (tertiary/aromatic N) is 2. The van der Waals surface area contributed by atoms with E-state index < -0.39 is 0 Å². The van der Waals surface area contributed by atoms with Crippen LogP contribution in [0.5, 0.6) is 0 Å². The lowest BCUT2D eigenvalue weighted by atomic mass is 10.0. The summed E-state index contributed by atoms with van der Waals surface area (Å²) in [6.45, 7) is 6.05. The van der Waals surface area contributed by atoms with Gasteiger partial charge in [0, 0.05) is 12.7 Å². The van der Waals surface area contributed by atoms with E-state index in [1.807, 2.05) is 29.1 Å². The van der Waals surface area contributed by atoms with Crippen molar-refractivity contribution >= 4 is 15.9 Å². The normalized spacial score (nSPS) is 12.6. The molecule has 114 valence electrons. The van der Waals surface area contributed by atoms with E-state index in [4.69, 9.17) is 0 Å². The third-order valence-corrected chi connectivity index (χ3v) is 3.96. The first-order chi connectivity index (χ1) is 10.2. The summed E-state index contributed by atoms with van der Waals surface area (Å²) in [5.41, 5.74) is 2.15.